The lowest BCUT2D eigenvalue weighted by Gasteiger charge is -2.07. The SMILES string of the molecule is CCCCCCCCCCCCCCCC[n+]1ccn(Cc2ccccc2)c1CCCCCCCCCCCC. The first kappa shape index (κ1) is 34.6. The molecule has 0 saturated carbocycles. The molecule has 0 atom stereocenters. The summed E-state index contributed by atoms with van der Waals surface area (Å²) >= 11 is 0. The number of aryl methyl sites for hydroxylation is 1. The average Bonchev–Trinajstić information content (AvgIpc) is 3.35. The van der Waals surface area contributed by atoms with Gasteiger partial charge in [0.2, 0.25) is 0 Å². The van der Waals surface area contributed by atoms with Crippen molar-refractivity contribution in [3.8, 4) is 0 Å². The zero-order valence-electron chi connectivity index (χ0n) is 27.0. The minimum Gasteiger partial charge on any atom is -0.234 e. The van der Waals surface area contributed by atoms with E-state index in [0.29, 0.717) is 0 Å². The van der Waals surface area contributed by atoms with E-state index in [1.165, 1.54) is 178 Å². The molecule has 1 aromatic heterocycles. The van der Waals surface area contributed by atoms with Crippen LogP contribution in [0.5, 0.6) is 0 Å². The summed E-state index contributed by atoms with van der Waals surface area (Å²) in [5.41, 5.74) is 1.41. The van der Waals surface area contributed by atoms with Gasteiger partial charge >= 0.3 is 0 Å². The van der Waals surface area contributed by atoms with E-state index in [2.05, 4.69) is 65.7 Å². The highest BCUT2D eigenvalue weighted by atomic mass is 15.1. The Labute approximate surface area is 250 Å². The number of unbranched alkanes of at least 4 members (excludes halogenated alkanes) is 22. The van der Waals surface area contributed by atoms with Crippen LogP contribution < -0.4 is 4.57 Å². The van der Waals surface area contributed by atoms with Gasteiger partial charge in [0.05, 0.1) is 6.54 Å². The first-order valence-electron chi connectivity index (χ1n) is 18.0. The molecule has 0 radical (unpaired) electrons. The summed E-state index contributed by atoms with van der Waals surface area (Å²) in [4.78, 5) is 0. The van der Waals surface area contributed by atoms with E-state index in [1.54, 1.807) is 0 Å². The smallest absolute Gasteiger partial charge is 0.234 e. The standard InChI is InChI=1S/C38H67N2/c1-3-5-7-9-11-13-15-16-17-18-20-22-24-29-33-39-34-35-40(36-37-30-26-25-27-31-37)38(39)32-28-23-21-19-14-12-10-8-6-4-2/h25-27,30-31,34-35H,3-24,28-29,32-33,36H2,1-2H3/q+1. The number of benzene rings is 1. The van der Waals surface area contributed by atoms with Crippen molar-refractivity contribution in [1.82, 2.24) is 4.57 Å². The first-order chi connectivity index (χ1) is 19.8. The molecule has 2 nitrogen and oxygen atoms in total. The van der Waals surface area contributed by atoms with Crippen molar-refractivity contribution < 1.29 is 4.57 Å². The summed E-state index contributed by atoms with van der Waals surface area (Å²) in [5, 5.41) is 0. The fourth-order valence-corrected chi connectivity index (χ4v) is 6.16. The van der Waals surface area contributed by atoms with Gasteiger partial charge in [0.15, 0.2) is 0 Å². The highest BCUT2D eigenvalue weighted by molar-refractivity contribution is 5.15. The van der Waals surface area contributed by atoms with Crippen LogP contribution in [-0.4, -0.2) is 4.57 Å². The molecule has 0 unspecified atom stereocenters. The Morgan fingerprint density at radius 1 is 0.500 bits per heavy atom. The number of nitrogens with zero attached hydrogens (tertiary/aromatic N) is 2. The van der Waals surface area contributed by atoms with Gasteiger partial charge < -0.3 is 0 Å². The summed E-state index contributed by atoms with van der Waals surface area (Å²) in [6.45, 7) is 6.80. The lowest BCUT2D eigenvalue weighted by molar-refractivity contribution is -0.704. The molecule has 0 spiro atoms. The van der Waals surface area contributed by atoms with Crippen molar-refractivity contribution in [1.29, 1.82) is 0 Å². The second-order valence-electron chi connectivity index (χ2n) is 12.5. The Kier molecular flexibility index (Phi) is 21.8. The lowest BCUT2D eigenvalue weighted by atomic mass is 10.0. The van der Waals surface area contributed by atoms with Crippen LogP contribution >= 0.6 is 0 Å². The molecular weight excluding hydrogens is 484 g/mol. The average molecular weight is 552 g/mol. The number of hydrogen-bond donors (Lipinski definition) is 0. The predicted octanol–water partition coefficient (Wildman–Crippen LogP) is 11.8. The third kappa shape index (κ3) is 17.3. The van der Waals surface area contributed by atoms with E-state index in [1.807, 2.05) is 0 Å². The van der Waals surface area contributed by atoms with E-state index in [0.717, 1.165) is 6.54 Å². The minimum atomic E-state index is 1.000. The fourth-order valence-electron chi connectivity index (χ4n) is 6.16. The largest absolute Gasteiger partial charge is 0.256 e. The summed E-state index contributed by atoms with van der Waals surface area (Å²) < 4.78 is 5.10. The zero-order valence-corrected chi connectivity index (χ0v) is 27.0. The third-order valence-electron chi connectivity index (χ3n) is 8.79. The molecule has 0 N–H and O–H groups in total. The Bertz CT molecular complexity index is 793. The number of imidazole rings is 1. The third-order valence-corrected chi connectivity index (χ3v) is 8.79. The van der Waals surface area contributed by atoms with Crippen LogP contribution in [0.25, 0.3) is 0 Å². The van der Waals surface area contributed by atoms with Gasteiger partial charge in [-0.3, -0.25) is 0 Å². The van der Waals surface area contributed by atoms with Crippen molar-refractivity contribution in [3.63, 3.8) is 0 Å². The van der Waals surface area contributed by atoms with Gasteiger partial charge in [-0.1, -0.05) is 179 Å². The maximum absolute atomic E-state index is 2.58. The quantitative estimate of drug-likeness (QED) is 0.0734. The molecule has 1 aromatic carbocycles. The molecule has 2 heteroatoms. The molecule has 2 aromatic rings. The monoisotopic (exact) mass is 552 g/mol. The highest BCUT2D eigenvalue weighted by Gasteiger charge is 2.17. The Hall–Kier alpha value is -1.57. The Morgan fingerprint density at radius 2 is 0.925 bits per heavy atom. The Morgan fingerprint density at radius 3 is 1.40 bits per heavy atom. The van der Waals surface area contributed by atoms with Gasteiger partial charge in [0.25, 0.3) is 5.82 Å². The van der Waals surface area contributed by atoms with Gasteiger partial charge in [0, 0.05) is 6.42 Å². The van der Waals surface area contributed by atoms with Crippen LogP contribution in [0.2, 0.25) is 0 Å². The maximum atomic E-state index is 2.58. The lowest BCUT2D eigenvalue weighted by Crippen LogP contribution is -2.37. The van der Waals surface area contributed by atoms with Crippen LogP contribution in [0.15, 0.2) is 42.7 Å². The Balaban J connectivity index is 1.62. The number of rotatable bonds is 28. The number of aromatic nitrogens is 2. The molecular formula is C38H67N2+. The molecule has 40 heavy (non-hydrogen) atoms. The van der Waals surface area contributed by atoms with Gasteiger partial charge in [-0.05, 0) is 24.8 Å². The van der Waals surface area contributed by atoms with Gasteiger partial charge in [-0.2, -0.15) is 0 Å². The maximum Gasteiger partial charge on any atom is 0.256 e. The summed E-state index contributed by atoms with van der Waals surface area (Å²) in [7, 11) is 0. The molecule has 0 bridgehead atoms. The molecule has 0 fully saturated rings. The summed E-state index contributed by atoms with van der Waals surface area (Å²) in [6, 6.07) is 11.0. The van der Waals surface area contributed by atoms with Crippen molar-refractivity contribution >= 4 is 0 Å². The van der Waals surface area contributed by atoms with Crippen molar-refractivity contribution in [2.75, 3.05) is 0 Å². The molecule has 228 valence electrons. The van der Waals surface area contributed by atoms with Crippen molar-refractivity contribution in [2.24, 2.45) is 0 Å². The second-order valence-corrected chi connectivity index (χ2v) is 12.5. The normalized spacial score (nSPS) is 11.4. The van der Waals surface area contributed by atoms with E-state index < -0.39 is 0 Å². The molecule has 0 aliphatic carbocycles. The summed E-state index contributed by atoms with van der Waals surface area (Å²) in [5.74, 6) is 1.54. The van der Waals surface area contributed by atoms with Gasteiger partial charge in [-0.15, -0.1) is 0 Å². The van der Waals surface area contributed by atoms with Crippen LogP contribution in [0.1, 0.15) is 179 Å². The van der Waals surface area contributed by atoms with Crippen molar-refractivity contribution in [3.05, 3.63) is 54.1 Å². The molecule has 0 aliphatic rings. The van der Waals surface area contributed by atoms with E-state index in [-0.39, 0.29) is 0 Å². The highest BCUT2D eigenvalue weighted by Crippen LogP contribution is 2.15. The summed E-state index contributed by atoms with van der Waals surface area (Å²) in [6.07, 6.45) is 40.0. The predicted molar refractivity (Wildman–Crippen MR) is 176 cm³/mol. The molecule has 0 saturated heterocycles. The van der Waals surface area contributed by atoms with E-state index in [4.69, 9.17) is 0 Å². The molecule has 1 heterocycles. The van der Waals surface area contributed by atoms with E-state index in [9.17, 15) is 0 Å². The second kappa shape index (κ2) is 25.2. The van der Waals surface area contributed by atoms with Crippen LogP contribution in [0.3, 0.4) is 0 Å². The molecule has 0 amide bonds. The fraction of sp³-hybridized carbons (Fsp3) is 0.763. The first-order valence-corrected chi connectivity index (χ1v) is 18.0. The number of hydrogen-bond acceptors (Lipinski definition) is 0. The van der Waals surface area contributed by atoms with E-state index >= 15 is 0 Å². The van der Waals surface area contributed by atoms with Crippen LogP contribution in [-0.2, 0) is 19.5 Å². The zero-order chi connectivity index (χ0) is 28.4. The molecule has 0 aliphatic heterocycles. The minimum absolute atomic E-state index is 1.000. The topological polar surface area (TPSA) is 8.81 Å². The van der Waals surface area contributed by atoms with Crippen LogP contribution in [0, 0.1) is 0 Å². The molecule has 2 rings (SSSR count). The van der Waals surface area contributed by atoms with Crippen molar-refractivity contribution in [2.45, 2.75) is 187 Å². The van der Waals surface area contributed by atoms with Gasteiger partial charge in [-0.25, -0.2) is 9.13 Å². The van der Waals surface area contributed by atoms with Crippen LogP contribution in [0.4, 0.5) is 0 Å². The van der Waals surface area contributed by atoms with Gasteiger partial charge in [0.1, 0.15) is 18.9 Å².